The Morgan fingerprint density at radius 1 is 1.26 bits per heavy atom. The average molecular weight is 317 g/mol. The van der Waals surface area contributed by atoms with Crippen LogP contribution in [0, 0.1) is 0 Å². The minimum absolute atomic E-state index is 0.174. The van der Waals surface area contributed by atoms with Crippen LogP contribution < -0.4 is 15.7 Å². The van der Waals surface area contributed by atoms with Gasteiger partial charge in [0, 0.05) is 25.8 Å². The zero-order valence-electron chi connectivity index (χ0n) is 13.1. The number of nitrogens with zero attached hydrogens (tertiary/aromatic N) is 1. The molecule has 0 radical (unpaired) electrons. The van der Waals surface area contributed by atoms with Gasteiger partial charge in [-0.05, 0) is 36.8 Å². The van der Waals surface area contributed by atoms with Gasteiger partial charge in [-0.25, -0.2) is 4.79 Å². The van der Waals surface area contributed by atoms with Crippen molar-refractivity contribution in [3.8, 4) is 17.0 Å². The van der Waals surface area contributed by atoms with Crippen molar-refractivity contribution in [3.63, 3.8) is 0 Å². The first-order chi connectivity index (χ1) is 11.1. The molecule has 2 aromatic rings. The molecule has 1 amide bonds. The number of aromatic amines is 1. The summed E-state index contributed by atoms with van der Waals surface area (Å²) in [5.74, 6) is 0.352. The van der Waals surface area contributed by atoms with E-state index in [1.165, 1.54) is 0 Å². The number of rotatable bonds is 7. The van der Waals surface area contributed by atoms with E-state index in [-0.39, 0.29) is 11.6 Å². The Morgan fingerprint density at radius 2 is 2.00 bits per heavy atom. The predicted molar refractivity (Wildman–Crippen MR) is 85.7 cm³/mol. The van der Waals surface area contributed by atoms with E-state index in [4.69, 9.17) is 9.47 Å². The van der Waals surface area contributed by atoms with E-state index in [9.17, 15) is 9.59 Å². The van der Waals surface area contributed by atoms with Crippen molar-refractivity contribution in [2.45, 2.75) is 6.42 Å². The largest absolute Gasteiger partial charge is 0.497 e. The second-order valence-corrected chi connectivity index (χ2v) is 4.82. The molecule has 2 N–H and O–H groups in total. The molecule has 0 aliphatic rings. The lowest BCUT2D eigenvalue weighted by Gasteiger charge is -2.07. The molecule has 0 saturated carbocycles. The number of carbonyl (C=O) groups excluding carboxylic acids is 1. The first-order valence-corrected chi connectivity index (χ1v) is 7.17. The molecule has 1 aromatic heterocycles. The van der Waals surface area contributed by atoms with Crippen molar-refractivity contribution in [1.29, 1.82) is 0 Å². The summed E-state index contributed by atoms with van der Waals surface area (Å²) in [5.41, 5.74) is 0.761. The van der Waals surface area contributed by atoms with Crippen molar-refractivity contribution >= 4 is 5.91 Å². The lowest BCUT2D eigenvalue weighted by atomic mass is 10.1. The van der Waals surface area contributed by atoms with Crippen LogP contribution in [0.15, 0.2) is 35.1 Å². The van der Waals surface area contributed by atoms with E-state index >= 15 is 0 Å². The summed E-state index contributed by atoms with van der Waals surface area (Å²) in [5, 5.41) is 2.72. The van der Waals surface area contributed by atoms with Gasteiger partial charge >= 0.3 is 5.69 Å². The van der Waals surface area contributed by atoms with Gasteiger partial charge in [-0.1, -0.05) is 0 Å². The molecule has 1 heterocycles. The quantitative estimate of drug-likeness (QED) is 0.749. The van der Waals surface area contributed by atoms with Crippen LogP contribution in [0.1, 0.15) is 16.9 Å². The van der Waals surface area contributed by atoms with E-state index in [0.717, 1.165) is 5.56 Å². The highest BCUT2D eigenvalue weighted by molar-refractivity contribution is 5.93. The molecule has 0 atom stereocenters. The number of nitrogens with one attached hydrogen (secondary N) is 2. The number of hydrogen-bond acceptors (Lipinski definition) is 5. The fourth-order valence-electron chi connectivity index (χ4n) is 2.00. The summed E-state index contributed by atoms with van der Waals surface area (Å²) < 4.78 is 10.0. The van der Waals surface area contributed by atoms with Gasteiger partial charge < -0.3 is 19.8 Å². The number of aromatic nitrogens is 2. The minimum atomic E-state index is -0.569. The van der Waals surface area contributed by atoms with Gasteiger partial charge in [0.25, 0.3) is 5.91 Å². The summed E-state index contributed by atoms with van der Waals surface area (Å²) in [6.45, 7) is 1.03. The zero-order chi connectivity index (χ0) is 16.7. The Morgan fingerprint density at radius 3 is 2.65 bits per heavy atom. The Hall–Kier alpha value is -2.67. The Kier molecular flexibility index (Phi) is 5.87. The number of ether oxygens (including phenoxy) is 2. The van der Waals surface area contributed by atoms with Crippen LogP contribution in [0.25, 0.3) is 11.3 Å². The van der Waals surface area contributed by atoms with Gasteiger partial charge in [0.2, 0.25) is 0 Å². The molecule has 0 fully saturated rings. The third kappa shape index (κ3) is 4.65. The first kappa shape index (κ1) is 16.7. The molecule has 122 valence electrons. The number of H-pyrrole nitrogens is 1. The standard InChI is InChI=1S/C16H19N3O4/c1-22-9-3-8-17-15(20)14-10-13(18-16(21)19-14)11-4-6-12(23-2)7-5-11/h4-7,10H,3,8-9H2,1-2H3,(H,17,20)(H,18,19,21). The van der Waals surface area contributed by atoms with Crippen LogP contribution in [0.2, 0.25) is 0 Å². The van der Waals surface area contributed by atoms with Gasteiger partial charge in [-0.2, -0.15) is 4.98 Å². The van der Waals surface area contributed by atoms with Gasteiger partial charge in [-0.15, -0.1) is 0 Å². The zero-order valence-corrected chi connectivity index (χ0v) is 13.1. The highest BCUT2D eigenvalue weighted by Crippen LogP contribution is 2.20. The maximum atomic E-state index is 12.1. The smallest absolute Gasteiger partial charge is 0.346 e. The van der Waals surface area contributed by atoms with Crippen LogP contribution in [0.5, 0.6) is 5.75 Å². The lowest BCUT2D eigenvalue weighted by Crippen LogP contribution is -2.28. The second kappa shape index (κ2) is 8.09. The Labute approximate surface area is 133 Å². The van der Waals surface area contributed by atoms with E-state index in [1.807, 2.05) is 0 Å². The molecule has 0 saturated heterocycles. The Balaban J connectivity index is 2.17. The molecule has 0 bridgehead atoms. The SMILES string of the molecule is COCCCNC(=O)c1cc(-c2ccc(OC)cc2)nc(=O)[nH]1. The summed E-state index contributed by atoms with van der Waals surface area (Å²) in [7, 11) is 3.18. The second-order valence-electron chi connectivity index (χ2n) is 4.82. The maximum absolute atomic E-state index is 12.1. The topological polar surface area (TPSA) is 93.3 Å². The number of carbonyl (C=O) groups is 1. The van der Waals surface area contributed by atoms with E-state index in [0.29, 0.717) is 31.0 Å². The number of benzene rings is 1. The highest BCUT2D eigenvalue weighted by Gasteiger charge is 2.10. The fourth-order valence-corrected chi connectivity index (χ4v) is 2.00. The predicted octanol–water partition coefficient (Wildman–Crippen LogP) is 1.21. The summed E-state index contributed by atoms with van der Waals surface area (Å²) >= 11 is 0. The van der Waals surface area contributed by atoms with Crippen LogP contribution >= 0.6 is 0 Å². The van der Waals surface area contributed by atoms with Crippen molar-refractivity contribution < 1.29 is 14.3 Å². The molecule has 7 heteroatoms. The van der Waals surface area contributed by atoms with Crippen LogP contribution in [0.3, 0.4) is 0 Å². The van der Waals surface area contributed by atoms with Gasteiger partial charge in [-0.3, -0.25) is 4.79 Å². The molecular formula is C16H19N3O4. The molecule has 0 aliphatic heterocycles. The van der Waals surface area contributed by atoms with E-state index in [1.54, 1.807) is 44.6 Å². The molecule has 0 spiro atoms. The van der Waals surface area contributed by atoms with Crippen LogP contribution in [-0.2, 0) is 4.74 Å². The first-order valence-electron chi connectivity index (χ1n) is 7.17. The molecule has 2 rings (SSSR count). The van der Waals surface area contributed by atoms with E-state index in [2.05, 4.69) is 15.3 Å². The summed E-state index contributed by atoms with van der Waals surface area (Å²) in [6, 6.07) is 8.64. The lowest BCUT2D eigenvalue weighted by molar-refractivity contribution is 0.0943. The fraction of sp³-hybridized carbons (Fsp3) is 0.312. The van der Waals surface area contributed by atoms with Crippen LogP contribution in [-0.4, -0.2) is 43.2 Å². The normalized spacial score (nSPS) is 10.3. The number of methoxy groups -OCH3 is 2. The van der Waals surface area contributed by atoms with Crippen molar-refractivity contribution in [2.24, 2.45) is 0 Å². The molecule has 0 unspecified atom stereocenters. The molecule has 7 nitrogen and oxygen atoms in total. The van der Waals surface area contributed by atoms with Crippen molar-refractivity contribution in [1.82, 2.24) is 15.3 Å². The number of hydrogen-bond donors (Lipinski definition) is 2. The van der Waals surface area contributed by atoms with E-state index < -0.39 is 5.69 Å². The van der Waals surface area contributed by atoms with Crippen LogP contribution in [0.4, 0.5) is 0 Å². The van der Waals surface area contributed by atoms with Gasteiger partial charge in [0.15, 0.2) is 0 Å². The van der Waals surface area contributed by atoms with Crippen molar-refractivity contribution in [3.05, 3.63) is 46.5 Å². The maximum Gasteiger partial charge on any atom is 0.346 e. The minimum Gasteiger partial charge on any atom is -0.497 e. The van der Waals surface area contributed by atoms with Gasteiger partial charge in [0.05, 0.1) is 12.8 Å². The monoisotopic (exact) mass is 317 g/mol. The third-order valence-corrected chi connectivity index (χ3v) is 3.19. The number of amides is 1. The molecule has 23 heavy (non-hydrogen) atoms. The molecular weight excluding hydrogens is 298 g/mol. The van der Waals surface area contributed by atoms with Crippen molar-refractivity contribution in [2.75, 3.05) is 27.4 Å². The third-order valence-electron chi connectivity index (χ3n) is 3.19. The van der Waals surface area contributed by atoms with Gasteiger partial charge in [0.1, 0.15) is 11.4 Å². The average Bonchev–Trinajstić information content (AvgIpc) is 2.58. The Bertz CT molecular complexity index is 710. The molecule has 1 aromatic carbocycles. The summed E-state index contributed by atoms with van der Waals surface area (Å²) in [4.78, 5) is 30.1. The highest BCUT2D eigenvalue weighted by atomic mass is 16.5. The summed E-state index contributed by atoms with van der Waals surface area (Å²) in [6.07, 6.45) is 0.697. The molecule has 0 aliphatic carbocycles.